The summed E-state index contributed by atoms with van der Waals surface area (Å²) in [6.45, 7) is 1.35. The second-order valence-corrected chi connectivity index (χ2v) is 8.85. The molecule has 1 aromatic carbocycles. The second-order valence-electron chi connectivity index (χ2n) is 6.74. The molecule has 0 saturated heterocycles. The number of hydrogen-bond acceptors (Lipinski definition) is 8. The molecule has 0 spiro atoms. The van der Waals surface area contributed by atoms with Gasteiger partial charge in [0.05, 0.1) is 22.2 Å². The Morgan fingerprint density at radius 2 is 2.00 bits per heavy atom. The van der Waals surface area contributed by atoms with Crippen molar-refractivity contribution < 1.29 is 14.5 Å². The summed E-state index contributed by atoms with van der Waals surface area (Å²) in [4.78, 5) is 32.4. The highest BCUT2D eigenvalue weighted by Gasteiger charge is 2.18. The van der Waals surface area contributed by atoms with Crippen LogP contribution in [0.2, 0.25) is 0 Å². The molecule has 0 aliphatic heterocycles. The fourth-order valence-corrected chi connectivity index (χ4v) is 4.50. The number of aromatic nitrogens is 1. The third-order valence-electron chi connectivity index (χ3n) is 4.25. The van der Waals surface area contributed by atoms with Gasteiger partial charge >= 0.3 is 5.00 Å². The highest BCUT2D eigenvalue weighted by Crippen LogP contribution is 2.32. The first-order chi connectivity index (χ1) is 14.4. The first-order valence-electron chi connectivity index (χ1n) is 9.20. The molecule has 31 heavy (non-hydrogen) atoms. The summed E-state index contributed by atoms with van der Waals surface area (Å²) in [7, 11) is 5.58. The van der Waals surface area contributed by atoms with Crippen LogP contribution in [0.1, 0.15) is 11.3 Å². The van der Waals surface area contributed by atoms with E-state index in [4.69, 9.17) is 4.74 Å². The third kappa shape index (κ3) is 6.47. The molecule has 3 rings (SSSR count). The number of amides is 1. The van der Waals surface area contributed by atoms with Crippen molar-refractivity contribution in [2.75, 3.05) is 39.2 Å². The molecule has 2 heterocycles. The predicted molar refractivity (Wildman–Crippen MR) is 129 cm³/mol. The van der Waals surface area contributed by atoms with Gasteiger partial charge in [-0.25, -0.2) is 4.98 Å². The molecule has 0 unspecified atom stereocenters. The minimum Gasteiger partial charge on any atom is -0.497 e. The lowest BCUT2D eigenvalue weighted by atomic mass is 10.3. The Bertz CT molecular complexity index is 1080. The minimum absolute atomic E-state index is 0. The summed E-state index contributed by atoms with van der Waals surface area (Å²) in [6, 6.07) is 8.68. The zero-order valence-corrected chi connectivity index (χ0v) is 19.8. The van der Waals surface area contributed by atoms with Crippen LogP contribution in [0.25, 0.3) is 16.3 Å². The lowest BCUT2D eigenvalue weighted by Crippen LogP contribution is -2.32. The molecule has 3 aromatic rings. The van der Waals surface area contributed by atoms with Crippen LogP contribution >= 0.6 is 35.1 Å². The van der Waals surface area contributed by atoms with Crippen LogP contribution in [0.5, 0.6) is 5.75 Å². The molecule has 0 radical (unpaired) electrons. The van der Waals surface area contributed by atoms with Gasteiger partial charge in [-0.2, -0.15) is 0 Å². The summed E-state index contributed by atoms with van der Waals surface area (Å²) < 4.78 is 6.21. The van der Waals surface area contributed by atoms with Gasteiger partial charge in [0, 0.05) is 23.6 Å². The monoisotopic (exact) mass is 482 g/mol. The Morgan fingerprint density at radius 1 is 1.23 bits per heavy atom. The average Bonchev–Trinajstić information content (AvgIpc) is 3.35. The number of methoxy groups -OCH3 is 1. The van der Waals surface area contributed by atoms with Gasteiger partial charge in [-0.05, 0) is 57.4 Å². The van der Waals surface area contributed by atoms with Gasteiger partial charge in [0.25, 0.3) is 5.91 Å². The molecule has 11 heteroatoms. The Morgan fingerprint density at radius 3 is 2.65 bits per heavy atom. The summed E-state index contributed by atoms with van der Waals surface area (Å²) in [5.41, 5.74) is 0.805. The van der Waals surface area contributed by atoms with E-state index in [0.717, 1.165) is 40.3 Å². The van der Waals surface area contributed by atoms with Crippen LogP contribution in [0.15, 0.2) is 36.4 Å². The van der Waals surface area contributed by atoms with E-state index >= 15 is 0 Å². The number of thiazole rings is 1. The van der Waals surface area contributed by atoms with Gasteiger partial charge in [0.2, 0.25) is 0 Å². The number of fused-ring (bicyclic) bond motifs is 1. The number of ether oxygens (including phenoxy) is 1. The maximum absolute atomic E-state index is 13.0. The quantitative estimate of drug-likeness (QED) is 0.249. The second kappa shape index (κ2) is 11.2. The highest BCUT2D eigenvalue weighted by atomic mass is 35.5. The molecule has 166 valence electrons. The molecule has 2 aromatic heterocycles. The smallest absolute Gasteiger partial charge is 0.324 e. The number of carbonyl (C=O) groups excluding carboxylic acids is 1. The van der Waals surface area contributed by atoms with E-state index in [-0.39, 0.29) is 23.3 Å². The summed E-state index contributed by atoms with van der Waals surface area (Å²) >= 11 is 2.46. The van der Waals surface area contributed by atoms with Gasteiger partial charge in [-0.1, -0.05) is 22.7 Å². The van der Waals surface area contributed by atoms with Gasteiger partial charge < -0.3 is 9.64 Å². The number of nitro groups is 1. The van der Waals surface area contributed by atoms with Crippen LogP contribution < -0.4 is 9.64 Å². The largest absolute Gasteiger partial charge is 0.497 e. The lowest BCUT2D eigenvalue weighted by molar-refractivity contribution is -0.380. The van der Waals surface area contributed by atoms with E-state index in [1.165, 1.54) is 23.5 Å². The van der Waals surface area contributed by atoms with Crippen LogP contribution in [0.3, 0.4) is 0 Å². The Balaban J connectivity index is 0.00000341. The SMILES string of the molecule is COc1ccc2nc(N(CCCN(C)C)C(=O)C=Cc3ccc([N+](=O)[O-])s3)sc2c1.Cl. The minimum atomic E-state index is -0.438. The van der Waals surface area contributed by atoms with Crippen molar-refractivity contribution in [3.05, 3.63) is 51.4 Å². The topological polar surface area (TPSA) is 88.8 Å². The molecule has 1 amide bonds. The zero-order valence-electron chi connectivity index (χ0n) is 17.3. The van der Waals surface area contributed by atoms with Crippen molar-refractivity contribution in [1.82, 2.24) is 9.88 Å². The number of nitrogens with zero attached hydrogens (tertiary/aromatic N) is 4. The maximum atomic E-state index is 13.0. The maximum Gasteiger partial charge on any atom is 0.324 e. The van der Waals surface area contributed by atoms with Gasteiger partial charge in [0.15, 0.2) is 5.13 Å². The van der Waals surface area contributed by atoms with E-state index in [2.05, 4.69) is 9.88 Å². The molecule has 0 bridgehead atoms. The fraction of sp³-hybridized carbons (Fsp3) is 0.300. The first kappa shape index (κ1) is 24.7. The van der Waals surface area contributed by atoms with Crippen molar-refractivity contribution in [2.24, 2.45) is 0 Å². The van der Waals surface area contributed by atoms with Gasteiger partial charge in [-0.15, -0.1) is 12.4 Å². The zero-order chi connectivity index (χ0) is 21.7. The number of benzene rings is 1. The number of rotatable bonds is 9. The van der Waals surface area contributed by atoms with Gasteiger partial charge in [-0.3, -0.25) is 19.8 Å². The molecule has 0 saturated carbocycles. The van der Waals surface area contributed by atoms with Crippen LogP contribution in [-0.2, 0) is 4.79 Å². The fourth-order valence-electron chi connectivity index (χ4n) is 2.75. The molecule has 0 N–H and O–H groups in total. The standard InChI is InChI=1S/C20H22N4O4S2.ClH/c1-22(2)11-4-12-23(18(25)9-6-15-7-10-19(29-15)24(26)27)20-21-16-8-5-14(28-3)13-17(16)30-20;/h5-10,13H,4,11-12H2,1-3H3;1H. The number of hydrogen-bond donors (Lipinski definition) is 0. The molecule has 0 aliphatic carbocycles. The van der Waals surface area contributed by atoms with Crippen molar-refractivity contribution >= 4 is 67.4 Å². The first-order valence-corrected chi connectivity index (χ1v) is 10.8. The highest BCUT2D eigenvalue weighted by molar-refractivity contribution is 7.22. The molecular formula is C20H23ClN4O4S2. The Kier molecular flexibility index (Phi) is 8.93. The summed E-state index contributed by atoms with van der Waals surface area (Å²) in [5.74, 6) is 0.526. The van der Waals surface area contributed by atoms with Crippen molar-refractivity contribution in [1.29, 1.82) is 0 Å². The number of carbonyl (C=O) groups is 1. The van der Waals surface area contributed by atoms with Crippen LogP contribution in [-0.4, -0.2) is 55.0 Å². The van der Waals surface area contributed by atoms with E-state index in [9.17, 15) is 14.9 Å². The summed E-state index contributed by atoms with van der Waals surface area (Å²) in [5, 5.41) is 11.5. The van der Waals surface area contributed by atoms with E-state index in [1.807, 2.05) is 32.3 Å². The predicted octanol–water partition coefficient (Wildman–Crippen LogP) is 4.69. The van der Waals surface area contributed by atoms with Gasteiger partial charge in [0.1, 0.15) is 5.75 Å². The molecule has 0 atom stereocenters. The van der Waals surface area contributed by atoms with Crippen molar-refractivity contribution in [2.45, 2.75) is 6.42 Å². The molecule has 0 aliphatic rings. The Hall–Kier alpha value is -2.53. The van der Waals surface area contributed by atoms with E-state index in [0.29, 0.717) is 16.6 Å². The van der Waals surface area contributed by atoms with Crippen LogP contribution in [0, 0.1) is 10.1 Å². The normalized spacial score (nSPS) is 11.1. The van der Waals surface area contributed by atoms with Crippen LogP contribution in [0.4, 0.5) is 10.1 Å². The average molecular weight is 483 g/mol. The lowest BCUT2D eigenvalue weighted by Gasteiger charge is -2.19. The molecule has 0 fully saturated rings. The number of anilines is 1. The Labute approximate surface area is 194 Å². The molecule has 8 nitrogen and oxygen atoms in total. The summed E-state index contributed by atoms with van der Waals surface area (Å²) in [6.07, 6.45) is 3.84. The van der Waals surface area contributed by atoms with E-state index < -0.39 is 4.92 Å². The number of halogens is 1. The van der Waals surface area contributed by atoms with Crippen molar-refractivity contribution in [3.63, 3.8) is 0 Å². The van der Waals surface area contributed by atoms with E-state index in [1.54, 1.807) is 24.2 Å². The molecular weight excluding hydrogens is 460 g/mol. The number of thiophene rings is 1. The third-order valence-corrected chi connectivity index (χ3v) is 6.29. The van der Waals surface area contributed by atoms with Crippen molar-refractivity contribution in [3.8, 4) is 5.75 Å².